The van der Waals surface area contributed by atoms with Gasteiger partial charge in [-0.2, -0.15) is 26.3 Å². The van der Waals surface area contributed by atoms with Crippen molar-refractivity contribution in [3.05, 3.63) is 41.3 Å². The Morgan fingerprint density at radius 2 is 1.91 bits per heavy atom. The van der Waals surface area contributed by atoms with Gasteiger partial charge in [0.15, 0.2) is 16.4 Å². The van der Waals surface area contributed by atoms with Crippen LogP contribution in [0, 0.1) is 11.8 Å². The molecule has 1 aliphatic heterocycles. The fraction of sp³-hybridized carbons (Fsp3) is 0.500. The summed E-state index contributed by atoms with van der Waals surface area (Å²) in [4.78, 5) is 14.2. The minimum Gasteiger partial charge on any atom is -0.483 e. The number of sulfone groups is 1. The molecule has 0 bridgehead atoms. The highest BCUT2D eigenvalue weighted by Gasteiger charge is 2.70. The molecule has 1 saturated carbocycles. The largest absolute Gasteiger partial charge is 0.483 e. The maximum absolute atomic E-state index is 13.2. The number of amides is 1. The Hall–Kier alpha value is -2.77. The summed E-state index contributed by atoms with van der Waals surface area (Å²) in [6, 6.07) is 3.71. The van der Waals surface area contributed by atoms with Gasteiger partial charge >= 0.3 is 12.4 Å². The molecule has 34 heavy (non-hydrogen) atoms. The zero-order valence-corrected chi connectivity index (χ0v) is 18.5. The molecule has 2 fully saturated rings. The molecular weight excluding hydrogens is 494 g/mol. The van der Waals surface area contributed by atoms with E-state index in [-0.39, 0.29) is 35.5 Å². The van der Waals surface area contributed by atoms with Crippen molar-refractivity contribution in [3.63, 3.8) is 0 Å². The van der Waals surface area contributed by atoms with Crippen molar-refractivity contribution in [1.29, 1.82) is 0 Å². The van der Waals surface area contributed by atoms with E-state index in [1.165, 1.54) is 4.90 Å². The summed E-state index contributed by atoms with van der Waals surface area (Å²) in [5.74, 6) is -2.91. The second-order valence-corrected chi connectivity index (χ2v) is 10.5. The Balaban J connectivity index is 1.64. The molecule has 2 heterocycles. The molecule has 1 aromatic carbocycles. The van der Waals surface area contributed by atoms with Crippen LogP contribution in [0.2, 0.25) is 0 Å². The number of ether oxygens (including phenoxy) is 1. The van der Waals surface area contributed by atoms with Gasteiger partial charge in [0.25, 0.3) is 5.91 Å². The van der Waals surface area contributed by atoms with Crippen LogP contribution >= 0.6 is 0 Å². The second-order valence-electron chi connectivity index (χ2n) is 8.53. The number of benzene rings is 1. The molecule has 4 rings (SSSR count). The number of rotatable bonds is 5. The topological polar surface area (TPSA) is 89.7 Å². The summed E-state index contributed by atoms with van der Waals surface area (Å²) in [5.41, 5.74) is -1.26. The van der Waals surface area contributed by atoms with Crippen molar-refractivity contribution in [1.82, 2.24) is 10.1 Å². The third kappa shape index (κ3) is 4.23. The molecule has 7 nitrogen and oxygen atoms in total. The van der Waals surface area contributed by atoms with Crippen LogP contribution < -0.4 is 4.74 Å². The van der Waals surface area contributed by atoms with Gasteiger partial charge in [-0.1, -0.05) is 12.1 Å². The predicted octanol–water partition coefficient (Wildman–Crippen LogP) is 3.70. The van der Waals surface area contributed by atoms with Gasteiger partial charge in [0.2, 0.25) is 5.76 Å². The zero-order valence-electron chi connectivity index (χ0n) is 17.7. The fourth-order valence-electron chi connectivity index (χ4n) is 4.58. The number of halogens is 6. The van der Waals surface area contributed by atoms with Crippen LogP contribution in [0.4, 0.5) is 26.3 Å². The van der Waals surface area contributed by atoms with E-state index in [4.69, 9.17) is 4.74 Å². The van der Waals surface area contributed by atoms with Crippen LogP contribution in [0.15, 0.2) is 33.7 Å². The Kier molecular flexibility index (Phi) is 5.46. The summed E-state index contributed by atoms with van der Waals surface area (Å²) in [6.45, 7) is 0.115. The fourth-order valence-corrected chi connectivity index (χ4v) is 5.22. The lowest BCUT2D eigenvalue weighted by molar-refractivity contribution is -0.155. The molecule has 2 unspecified atom stereocenters. The average molecular weight is 512 g/mol. The highest BCUT2D eigenvalue weighted by atomic mass is 32.2. The quantitative estimate of drug-likeness (QED) is 0.568. The minimum absolute atomic E-state index is 0.0334. The summed E-state index contributed by atoms with van der Waals surface area (Å²) in [6.07, 6.45) is -8.56. The number of likely N-dealkylation sites (tertiary alicyclic amines) is 1. The SMILES string of the molecule is CC1C2CN(C(=O)c3cc(S(C)(=O)=O)ccc3OCC(F)(F)F)C[C@@]12c1cc(C(F)(F)F)on1. The van der Waals surface area contributed by atoms with E-state index in [2.05, 4.69) is 9.68 Å². The molecule has 2 aromatic rings. The molecule has 0 spiro atoms. The monoisotopic (exact) mass is 512 g/mol. The molecule has 186 valence electrons. The number of aromatic nitrogens is 1. The summed E-state index contributed by atoms with van der Waals surface area (Å²) >= 11 is 0. The first-order valence-corrected chi connectivity index (χ1v) is 11.8. The van der Waals surface area contributed by atoms with Crippen molar-refractivity contribution in [3.8, 4) is 5.75 Å². The van der Waals surface area contributed by atoms with Crippen LogP contribution in [0.3, 0.4) is 0 Å². The molecule has 2 aliphatic rings. The number of carbonyl (C=O) groups excluding carboxylic acids is 1. The van der Waals surface area contributed by atoms with Crippen LogP contribution in [0.25, 0.3) is 0 Å². The van der Waals surface area contributed by atoms with Crippen LogP contribution in [0.5, 0.6) is 5.75 Å². The lowest BCUT2D eigenvalue weighted by atomic mass is 9.98. The van der Waals surface area contributed by atoms with Crippen LogP contribution in [-0.2, 0) is 21.4 Å². The second kappa shape index (κ2) is 7.62. The van der Waals surface area contributed by atoms with E-state index in [1.807, 2.05) is 0 Å². The highest BCUT2D eigenvalue weighted by Crippen LogP contribution is 2.64. The standard InChI is InChI=1S/C20H18F6N2O5S/c1-10-13-7-28(8-18(10,13)15-6-16(33-27-15)20(24,25)26)17(29)12-5-11(34(2,30)31)3-4-14(12)32-9-19(21,22)23/h3-6,10,13H,7-9H2,1-2H3/t10?,13?,18-/m1/s1. The smallest absolute Gasteiger partial charge is 0.452 e. The minimum atomic E-state index is -4.74. The molecule has 1 amide bonds. The summed E-state index contributed by atoms with van der Waals surface area (Å²) in [5, 5.41) is 3.55. The van der Waals surface area contributed by atoms with E-state index in [0.717, 1.165) is 30.5 Å². The normalized spacial score (nSPS) is 24.8. The van der Waals surface area contributed by atoms with E-state index >= 15 is 0 Å². The maximum Gasteiger partial charge on any atom is 0.452 e. The van der Waals surface area contributed by atoms with Crippen molar-refractivity contribution in [2.24, 2.45) is 11.8 Å². The van der Waals surface area contributed by atoms with Crippen molar-refractivity contribution >= 4 is 15.7 Å². The van der Waals surface area contributed by atoms with Gasteiger partial charge in [-0.15, -0.1) is 0 Å². The third-order valence-electron chi connectivity index (χ3n) is 6.39. The van der Waals surface area contributed by atoms with Gasteiger partial charge in [0.05, 0.1) is 16.2 Å². The maximum atomic E-state index is 13.2. The first-order chi connectivity index (χ1) is 15.5. The Bertz CT molecular complexity index is 1240. The number of nitrogens with zero attached hydrogens (tertiary/aromatic N) is 2. The van der Waals surface area contributed by atoms with E-state index < -0.39 is 57.2 Å². The molecule has 1 aromatic heterocycles. The molecule has 0 radical (unpaired) electrons. The third-order valence-corrected chi connectivity index (χ3v) is 7.50. The van der Waals surface area contributed by atoms with Crippen molar-refractivity contribution in [2.75, 3.05) is 26.0 Å². The number of carbonyl (C=O) groups is 1. The first kappa shape index (κ1) is 24.4. The first-order valence-electron chi connectivity index (χ1n) is 9.91. The molecule has 3 atom stereocenters. The lowest BCUT2D eigenvalue weighted by Crippen LogP contribution is -2.35. The molecule has 1 aliphatic carbocycles. The van der Waals surface area contributed by atoms with Crippen molar-refractivity contribution in [2.45, 2.75) is 29.6 Å². The van der Waals surface area contributed by atoms with Gasteiger partial charge in [0, 0.05) is 30.8 Å². The number of hydrogen-bond acceptors (Lipinski definition) is 6. The molecule has 14 heteroatoms. The number of alkyl halides is 6. The van der Waals surface area contributed by atoms with Gasteiger partial charge in [-0.25, -0.2) is 8.42 Å². The molecular formula is C20H18F6N2O5S. The van der Waals surface area contributed by atoms with Crippen LogP contribution in [-0.4, -0.2) is 56.5 Å². The number of hydrogen-bond donors (Lipinski definition) is 0. The predicted molar refractivity (Wildman–Crippen MR) is 103 cm³/mol. The highest BCUT2D eigenvalue weighted by molar-refractivity contribution is 7.90. The lowest BCUT2D eigenvalue weighted by Gasteiger charge is -2.23. The van der Waals surface area contributed by atoms with Gasteiger partial charge in [-0.3, -0.25) is 4.79 Å². The Morgan fingerprint density at radius 1 is 1.24 bits per heavy atom. The van der Waals surface area contributed by atoms with Gasteiger partial charge in [-0.05, 0) is 30.0 Å². The Labute approximate surface area is 189 Å². The van der Waals surface area contributed by atoms with E-state index in [9.17, 15) is 39.6 Å². The van der Waals surface area contributed by atoms with E-state index in [0.29, 0.717) is 0 Å². The summed E-state index contributed by atoms with van der Waals surface area (Å²) < 4.78 is 110. The van der Waals surface area contributed by atoms with Gasteiger partial charge in [0.1, 0.15) is 5.75 Å². The zero-order chi connectivity index (χ0) is 25.3. The number of piperidine rings is 1. The molecule has 0 N–H and O–H groups in total. The van der Waals surface area contributed by atoms with E-state index in [1.54, 1.807) is 6.92 Å². The molecule has 1 saturated heterocycles. The summed E-state index contributed by atoms with van der Waals surface area (Å²) in [7, 11) is -3.80. The number of fused-ring (bicyclic) bond motifs is 1. The van der Waals surface area contributed by atoms with Crippen molar-refractivity contribution < 1.29 is 48.8 Å². The van der Waals surface area contributed by atoms with Gasteiger partial charge < -0.3 is 14.2 Å². The van der Waals surface area contributed by atoms with Crippen LogP contribution in [0.1, 0.15) is 28.7 Å². The Morgan fingerprint density at radius 3 is 2.47 bits per heavy atom. The average Bonchev–Trinajstić information content (AvgIpc) is 3.15.